The molecular formula is C18H19FN2O2S. The molecule has 0 aliphatic heterocycles. The summed E-state index contributed by atoms with van der Waals surface area (Å²) in [7, 11) is -3.53. The molecule has 0 aliphatic carbocycles. The standard InChI is InChI=1S/C18H19FN2O2S/c1-12(2)18-16(6-5-11-20)17(13(3)21(18)24(4,22)23)14-7-9-15(19)10-8-14/h5-10,12H,1-4H3. The van der Waals surface area contributed by atoms with Crippen molar-refractivity contribution in [2.45, 2.75) is 26.7 Å². The molecule has 1 heterocycles. The molecule has 0 N–H and O–H groups in total. The van der Waals surface area contributed by atoms with E-state index in [1.807, 2.05) is 19.9 Å². The smallest absolute Gasteiger partial charge is 0.236 e. The van der Waals surface area contributed by atoms with E-state index in [0.717, 1.165) is 6.26 Å². The molecule has 6 heteroatoms. The fraction of sp³-hybridized carbons (Fsp3) is 0.278. The van der Waals surface area contributed by atoms with E-state index in [9.17, 15) is 12.8 Å². The third-order valence-electron chi connectivity index (χ3n) is 3.77. The van der Waals surface area contributed by atoms with Gasteiger partial charge >= 0.3 is 0 Å². The summed E-state index contributed by atoms with van der Waals surface area (Å²) in [6.07, 6.45) is 4.08. The van der Waals surface area contributed by atoms with Crippen LogP contribution in [-0.4, -0.2) is 18.6 Å². The lowest BCUT2D eigenvalue weighted by Crippen LogP contribution is -2.16. The second kappa shape index (κ2) is 6.62. The van der Waals surface area contributed by atoms with Gasteiger partial charge in [0, 0.05) is 28.6 Å². The maximum absolute atomic E-state index is 13.2. The van der Waals surface area contributed by atoms with Crippen LogP contribution in [0.3, 0.4) is 0 Å². The Morgan fingerprint density at radius 2 is 1.83 bits per heavy atom. The van der Waals surface area contributed by atoms with Gasteiger partial charge in [0.05, 0.1) is 12.3 Å². The van der Waals surface area contributed by atoms with Crippen molar-refractivity contribution in [3.8, 4) is 17.2 Å². The maximum atomic E-state index is 13.2. The first-order valence-corrected chi connectivity index (χ1v) is 9.31. The zero-order valence-corrected chi connectivity index (χ0v) is 14.9. The number of halogens is 1. The number of rotatable bonds is 4. The van der Waals surface area contributed by atoms with Crippen LogP contribution in [-0.2, 0) is 10.0 Å². The van der Waals surface area contributed by atoms with Crippen LogP contribution in [0.5, 0.6) is 0 Å². The van der Waals surface area contributed by atoms with Crippen LogP contribution in [0.2, 0.25) is 0 Å². The second-order valence-electron chi connectivity index (χ2n) is 5.91. The fourth-order valence-electron chi connectivity index (χ4n) is 2.96. The van der Waals surface area contributed by atoms with Crippen molar-refractivity contribution >= 4 is 16.1 Å². The quantitative estimate of drug-likeness (QED) is 0.784. The minimum atomic E-state index is -3.53. The molecule has 0 unspecified atom stereocenters. The molecule has 0 saturated carbocycles. The minimum absolute atomic E-state index is 0.0778. The van der Waals surface area contributed by atoms with E-state index in [1.54, 1.807) is 25.1 Å². The van der Waals surface area contributed by atoms with Crippen LogP contribution in [0.25, 0.3) is 17.2 Å². The zero-order valence-electron chi connectivity index (χ0n) is 14.0. The number of hydrogen-bond donors (Lipinski definition) is 0. The van der Waals surface area contributed by atoms with Gasteiger partial charge in [-0.3, -0.25) is 0 Å². The zero-order chi connectivity index (χ0) is 18.1. The molecule has 0 saturated heterocycles. The van der Waals surface area contributed by atoms with Gasteiger partial charge < -0.3 is 0 Å². The van der Waals surface area contributed by atoms with Crippen LogP contribution < -0.4 is 0 Å². The first-order valence-electron chi connectivity index (χ1n) is 7.46. The summed E-state index contributed by atoms with van der Waals surface area (Å²) in [6.45, 7) is 5.51. The molecule has 2 rings (SSSR count). The summed E-state index contributed by atoms with van der Waals surface area (Å²) in [4.78, 5) is 0. The molecule has 4 nitrogen and oxygen atoms in total. The molecular weight excluding hydrogens is 327 g/mol. The van der Waals surface area contributed by atoms with Gasteiger partial charge in [-0.25, -0.2) is 16.8 Å². The normalized spacial score (nSPS) is 12.0. The molecule has 0 aliphatic rings. The summed E-state index contributed by atoms with van der Waals surface area (Å²) < 4.78 is 39.2. The topological polar surface area (TPSA) is 62.9 Å². The summed E-state index contributed by atoms with van der Waals surface area (Å²) in [5.74, 6) is -0.442. The first-order chi connectivity index (χ1) is 11.2. The van der Waals surface area contributed by atoms with E-state index in [-0.39, 0.29) is 11.7 Å². The van der Waals surface area contributed by atoms with Gasteiger partial charge in [-0.15, -0.1) is 0 Å². The Hall–Kier alpha value is -2.39. The molecule has 0 spiro atoms. The van der Waals surface area contributed by atoms with Gasteiger partial charge in [-0.1, -0.05) is 26.0 Å². The Balaban J connectivity index is 2.95. The highest BCUT2D eigenvalue weighted by atomic mass is 32.2. The molecule has 1 aromatic carbocycles. The summed E-state index contributed by atoms with van der Waals surface area (Å²) in [5, 5.41) is 8.88. The van der Waals surface area contributed by atoms with Crippen molar-refractivity contribution in [1.29, 1.82) is 5.26 Å². The number of aromatic nitrogens is 1. The van der Waals surface area contributed by atoms with Gasteiger partial charge in [-0.05, 0) is 36.6 Å². The SMILES string of the molecule is Cc1c(-c2ccc(F)cc2)c(C=CC#N)c(C(C)C)n1S(C)(=O)=O. The molecule has 0 fully saturated rings. The monoisotopic (exact) mass is 346 g/mol. The molecule has 1 aromatic heterocycles. The molecule has 0 amide bonds. The van der Waals surface area contributed by atoms with E-state index in [4.69, 9.17) is 5.26 Å². The molecule has 0 atom stereocenters. The molecule has 126 valence electrons. The first kappa shape index (κ1) is 18.0. The van der Waals surface area contributed by atoms with Crippen molar-refractivity contribution in [2.24, 2.45) is 0 Å². The third-order valence-corrected chi connectivity index (χ3v) is 4.90. The van der Waals surface area contributed by atoms with E-state index in [0.29, 0.717) is 28.1 Å². The van der Waals surface area contributed by atoms with Crippen LogP contribution >= 0.6 is 0 Å². The number of nitrogens with zero attached hydrogens (tertiary/aromatic N) is 2. The van der Waals surface area contributed by atoms with Crippen LogP contribution in [0.15, 0.2) is 30.3 Å². The lowest BCUT2D eigenvalue weighted by Gasteiger charge is -2.12. The molecule has 2 aromatic rings. The van der Waals surface area contributed by atoms with Crippen molar-refractivity contribution < 1.29 is 12.8 Å². The summed E-state index contributed by atoms with van der Waals surface area (Å²) in [5.41, 5.74) is 3.22. The molecule has 0 radical (unpaired) electrons. The van der Waals surface area contributed by atoms with E-state index in [1.165, 1.54) is 22.2 Å². The maximum Gasteiger partial charge on any atom is 0.236 e. The fourth-order valence-corrected chi connectivity index (χ4v) is 4.21. The lowest BCUT2D eigenvalue weighted by molar-refractivity contribution is 0.587. The highest BCUT2D eigenvalue weighted by Crippen LogP contribution is 2.37. The number of benzene rings is 1. The van der Waals surface area contributed by atoms with Crippen molar-refractivity contribution in [1.82, 2.24) is 3.97 Å². The third kappa shape index (κ3) is 3.26. The average molecular weight is 346 g/mol. The van der Waals surface area contributed by atoms with E-state index >= 15 is 0 Å². The predicted molar refractivity (Wildman–Crippen MR) is 93.5 cm³/mol. The number of hydrogen-bond acceptors (Lipinski definition) is 3. The second-order valence-corrected chi connectivity index (χ2v) is 7.74. The predicted octanol–water partition coefficient (Wildman–Crippen LogP) is 4.07. The Morgan fingerprint density at radius 1 is 1.25 bits per heavy atom. The highest BCUT2D eigenvalue weighted by molar-refractivity contribution is 7.89. The summed E-state index contributed by atoms with van der Waals surface area (Å²) in [6, 6.07) is 7.82. The Kier molecular flexibility index (Phi) is 4.95. The van der Waals surface area contributed by atoms with Gasteiger partial charge in [0.25, 0.3) is 0 Å². The van der Waals surface area contributed by atoms with Gasteiger partial charge in [-0.2, -0.15) is 5.26 Å². The van der Waals surface area contributed by atoms with Gasteiger partial charge in [0.15, 0.2) is 0 Å². The van der Waals surface area contributed by atoms with Crippen molar-refractivity contribution in [2.75, 3.05) is 6.26 Å². The molecule has 0 bridgehead atoms. The van der Waals surface area contributed by atoms with Crippen LogP contribution in [0, 0.1) is 24.1 Å². The average Bonchev–Trinajstić information content (AvgIpc) is 2.79. The minimum Gasteiger partial charge on any atom is -0.246 e. The number of allylic oxidation sites excluding steroid dienone is 1. The Morgan fingerprint density at radius 3 is 2.29 bits per heavy atom. The van der Waals surface area contributed by atoms with E-state index < -0.39 is 10.0 Å². The molecule has 24 heavy (non-hydrogen) atoms. The van der Waals surface area contributed by atoms with Crippen molar-refractivity contribution in [3.63, 3.8) is 0 Å². The highest BCUT2D eigenvalue weighted by Gasteiger charge is 2.26. The van der Waals surface area contributed by atoms with Gasteiger partial charge in [0.1, 0.15) is 5.82 Å². The summed E-state index contributed by atoms with van der Waals surface area (Å²) >= 11 is 0. The van der Waals surface area contributed by atoms with Crippen LogP contribution in [0.1, 0.15) is 36.7 Å². The Labute approximate surface area is 141 Å². The lowest BCUT2D eigenvalue weighted by atomic mass is 9.97. The number of nitriles is 1. The van der Waals surface area contributed by atoms with Crippen LogP contribution in [0.4, 0.5) is 4.39 Å². The Bertz CT molecular complexity index is 931. The van der Waals surface area contributed by atoms with Crippen molar-refractivity contribution in [3.05, 3.63) is 53.1 Å². The largest absolute Gasteiger partial charge is 0.246 e. The van der Waals surface area contributed by atoms with Gasteiger partial charge in [0.2, 0.25) is 10.0 Å². The van der Waals surface area contributed by atoms with E-state index in [2.05, 4.69) is 0 Å².